The standard InChI is InChI=1S/C15H22N2O2/c1-2-3-4-14(17-9-7-16-8-10-17)13-6-5-12(18)11-15(13)19/h2,5-6,11,14,16,18-19H,1,3-4,7-10H2/t14-/m0/s1. The summed E-state index contributed by atoms with van der Waals surface area (Å²) in [5, 5.41) is 22.8. The highest BCUT2D eigenvalue weighted by molar-refractivity contribution is 5.41. The highest BCUT2D eigenvalue weighted by Gasteiger charge is 2.23. The van der Waals surface area contributed by atoms with Crippen LogP contribution in [-0.2, 0) is 0 Å². The maximum Gasteiger partial charge on any atom is 0.124 e. The van der Waals surface area contributed by atoms with Crippen molar-refractivity contribution in [3.63, 3.8) is 0 Å². The van der Waals surface area contributed by atoms with Crippen LogP contribution in [0.3, 0.4) is 0 Å². The van der Waals surface area contributed by atoms with Crippen LogP contribution in [0.2, 0.25) is 0 Å². The first kappa shape index (κ1) is 13.9. The lowest BCUT2D eigenvalue weighted by atomic mass is 9.98. The molecule has 1 atom stereocenters. The van der Waals surface area contributed by atoms with Crippen LogP contribution in [0.25, 0.3) is 0 Å². The van der Waals surface area contributed by atoms with Crippen molar-refractivity contribution in [3.8, 4) is 11.5 Å². The van der Waals surface area contributed by atoms with Crippen molar-refractivity contribution in [1.29, 1.82) is 0 Å². The minimum Gasteiger partial charge on any atom is -0.508 e. The molecule has 0 unspecified atom stereocenters. The molecular weight excluding hydrogens is 240 g/mol. The van der Waals surface area contributed by atoms with Crippen LogP contribution in [-0.4, -0.2) is 41.3 Å². The van der Waals surface area contributed by atoms with Crippen LogP contribution in [0, 0.1) is 0 Å². The maximum absolute atomic E-state index is 10.1. The fourth-order valence-corrected chi connectivity index (χ4v) is 2.62. The van der Waals surface area contributed by atoms with Gasteiger partial charge in [0.25, 0.3) is 0 Å². The monoisotopic (exact) mass is 262 g/mol. The molecule has 0 radical (unpaired) electrons. The van der Waals surface area contributed by atoms with E-state index in [4.69, 9.17) is 0 Å². The topological polar surface area (TPSA) is 55.7 Å². The molecule has 1 aliphatic heterocycles. The summed E-state index contributed by atoms with van der Waals surface area (Å²) < 4.78 is 0. The summed E-state index contributed by atoms with van der Waals surface area (Å²) in [7, 11) is 0. The van der Waals surface area contributed by atoms with E-state index in [1.54, 1.807) is 6.07 Å². The molecule has 1 saturated heterocycles. The minimum atomic E-state index is 0.101. The Hall–Kier alpha value is -1.52. The zero-order valence-electron chi connectivity index (χ0n) is 11.2. The van der Waals surface area contributed by atoms with E-state index in [0.717, 1.165) is 44.6 Å². The third-order valence-corrected chi connectivity index (χ3v) is 3.61. The van der Waals surface area contributed by atoms with Crippen LogP contribution >= 0.6 is 0 Å². The van der Waals surface area contributed by atoms with E-state index in [1.807, 2.05) is 12.1 Å². The van der Waals surface area contributed by atoms with Gasteiger partial charge in [-0.1, -0.05) is 12.1 Å². The Morgan fingerprint density at radius 3 is 2.68 bits per heavy atom. The van der Waals surface area contributed by atoms with Gasteiger partial charge in [-0.15, -0.1) is 6.58 Å². The fourth-order valence-electron chi connectivity index (χ4n) is 2.62. The summed E-state index contributed by atoms with van der Waals surface area (Å²) in [6.45, 7) is 7.67. The van der Waals surface area contributed by atoms with E-state index in [9.17, 15) is 10.2 Å². The maximum atomic E-state index is 10.1. The molecule has 0 bridgehead atoms. The van der Waals surface area contributed by atoms with Gasteiger partial charge < -0.3 is 15.5 Å². The van der Waals surface area contributed by atoms with E-state index in [-0.39, 0.29) is 17.5 Å². The molecule has 1 aliphatic rings. The Balaban J connectivity index is 2.22. The Labute approximate surface area is 114 Å². The smallest absolute Gasteiger partial charge is 0.124 e. The normalized spacial score (nSPS) is 18.1. The average Bonchev–Trinajstić information content (AvgIpc) is 2.42. The molecule has 4 heteroatoms. The fraction of sp³-hybridized carbons (Fsp3) is 0.467. The van der Waals surface area contributed by atoms with E-state index < -0.39 is 0 Å². The van der Waals surface area contributed by atoms with Crippen molar-refractivity contribution >= 4 is 0 Å². The third-order valence-electron chi connectivity index (χ3n) is 3.61. The second-order valence-corrected chi connectivity index (χ2v) is 4.91. The molecule has 4 nitrogen and oxygen atoms in total. The first-order valence-corrected chi connectivity index (χ1v) is 6.80. The Morgan fingerprint density at radius 2 is 2.05 bits per heavy atom. The van der Waals surface area contributed by atoms with Crippen LogP contribution in [0.5, 0.6) is 11.5 Å². The van der Waals surface area contributed by atoms with Gasteiger partial charge in [0.2, 0.25) is 0 Å². The Kier molecular flexibility index (Phi) is 4.82. The van der Waals surface area contributed by atoms with Gasteiger partial charge in [-0.25, -0.2) is 0 Å². The number of hydrogen-bond donors (Lipinski definition) is 3. The van der Waals surface area contributed by atoms with Crippen molar-refractivity contribution in [2.24, 2.45) is 0 Å². The lowest BCUT2D eigenvalue weighted by Gasteiger charge is -2.35. The number of phenols is 2. The Bertz CT molecular complexity index is 428. The first-order valence-electron chi connectivity index (χ1n) is 6.80. The van der Waals surface area contributed by atoms with E-state index in [0.29, 0.717) is 0 Å². The second kappa shape index (κ2) is 6.59. The summed E-state index contributed by atoms with van der Waals surface area (Å²) >= 11 is 0. The predicted molar refractivity (Wildman–Crippen MR) is 76.4 cm³/mol. The Morgan fingerprint density at radius 1 is 1.32 bits per heavy atom. The third kappa shape index (κ3) is 3.49. The number of piperazine rings is 1. The molecule has 19 heavy (non-hydrogen) atoms. The lowest BCUT2D eigenvalue weighted by Crippen LogP contribution is -2.45. The van der Waals surface area contributed by atoms with Gasteiger partial charge in [-0.05, 0) is 18.9 Å². The summed E-state index contributed by atoms with van der Waals surface area (Å²) in [5.41, 5.74) is 0.890. The molecule has 0 amide bonds. The number of hydrogen-bond acceptors (Lipinski definition) is 4. The molecule has 1 fully saturated rings. The van der Waals surface area contributed by atoms with Gasteiger partial charge in [0, 0.05) is 43.9 Å². The lowest BCUT2D eigenvalue weighted by molar-refractivity contribution is 0.163. The largest absolute Gasteiger partial charge is 0.508 e. The quantitative estimate of drug-likeness (QED) is 0.711. The van der Waals surface area contributed by atoms with Crippen LogP contribution in [0.1, 0.15) is 24.4 Å². The van der Waals surface area contributed by atoms with Crippen molar-refractivity contribution in [2.45, 2.75) is 18.9 Å². The van der Waals surface area contributed by atoms with Crippen molar-refractivity contribution in [2.75, 3.05) is 26.2 Å². The molecule has 0 spiro atoms. The van der Waals surface area contributed by atoms with Crippen molar-refractivity contribution < 1.29 is 10.2 Å². The zero-order valence-corrected chi connectivity index (χ0v) is 11.2. The highest BCUT2D eigenvalue weighted by Crippen LogP contribution is 2.34. The van der Waals surface area contributed by atoms with Gasteiger partial charge in [-0.2, -0.15) is 0 Å². The predicted octanol–water partition coefficient (Wildman–Crippen LogP) is 2.01. The minimum absolute atomic E-state index is 0.101. The van der Waals surface area contributed by atoms with Gasteiger partial charge in [-0.3, -0.25) is 4.90 Å². The average molecular weight is 262 g/mol. The summed E-state index contributed by atoms with van der Waals surface area (Å²) in [4.78, 5) is 2.38. The highest BCUT2D eigenvalue weighted by atomic mass is 16.3. The van der Waals surface area contributed by atoms with Crippen LogP contribution in [0.4, 0.5) is 0 Å². The number of aromatic hydroxyl groups is 2. The first-order chi connectivity index (χ1) is 9.22. The van der Waals surface area contributed by atoms with Crippen LogP contribution < -0.4 is 5.32 Å². The zero-order chi connectivity index (χ0) is 13.7. The molecule has 1 aromatic rings. The number of allylic oxidation sites excluding steroid dienone is 1. The molecule has 0 aromatic heterocycles. The van der Waals surface area contributed by atoms with E-state index >= 15 is 0 Å². The molecule has 1 heterocycles. The SMILES string of the molecule is C=CCC[C@@H](c1ccc(O)cc1O)N1CCNCC1. The van der Waals surface area contributed by atoms with Crippen molar-refractivity contribution in [3.05, 3.63) is 36.4 Å². The molecular formula is C15H22N2O2. The molecule has 1 aromatic carbocycles. The molecule has 0 saturated carbocycles. The number of nitrogens with zero attached hydrogens (tertiary/aromatic N) is 1. The number of nitrogens with one attached hydrogen (secondary N) is 1. The van der Waals surface area contributed by atoms with Gasteiger partial charge in [0.15, 0.2) is 0 Å². The molecule has 104 valence electrons. The summed E-state index contributed by atoms with van der Waals surface area (Å²) in [6.07, 6.45) is 3.75. The number of benzene rings is 1. The number of rotatable bonds is 5. The van der Waals surface area contributed by atoms with Gasteiger partial charge in [0.05, 0.1) is 0 Å². The van der Waals surface area contributed by atoms with Crippen LogP contribution in [0.15, 0.2) is 30.9 Å². The van der Waals surface area contributed by atoms with Gasteiger partial charge >= 0.3 is 0 Å². The molecule has 3 N–H and O–H groups in total. The van der Waals surface area contributed by atoms with Crippen molar-refractivity contribution in [1.82, 2.24) is 10.2 Å². The molecule has 0 aliphatic carbocycles. The van der Waals surface area contributed by atoms with E-state index in [2.05, 4.69) is 16.8 Å². The van der Waals surface area contributed by atoms with Gasteiger partial charge in [0.1, 0.15) is 11.5 Å². The molecule has 2 rings (SSSR count). The summed E-state index contributed by atoms with van der Waals surface area (Å²) in [6, 6.07) is 5.05. The van der Waals surface area contributed by atoms with E-state index in [1.165, 1.54) is 6.07 Å². The number of phenolic OH excluding ortho intramolecular Hbond substituents is 2. The summed E-state index contributed by atoms with van der Waals surface area (Å²) in [5.74, 6) is 0.275. The second-order valence-electron chi connectivity index (χ2n) is 4.91.